The molecule has 0 saturated carbocycles. The second-order valence-electron chi connectivity index (χ2n) is 3.88. The van der Waals surface area contributed by atoms with Crippen LogP contribution in [0.4, 0.5) is 5.69 Å². The van der Waals surface area contributed by atoms with Gasteiger partial charge in [0.2, 0.25) is 0 Å². The van der Waals surface area contributed by atoms with Crippen LogP contribution in [0.2, 0.25) is 0 Å². The van der Waals surface area contributed by atoms with Gasteiger partial charge in [0.05, 0.1) is 19.0 Å². The number of hydrogen-bond acceptors (Lipinski definition) is 5. The van der Waals surface area contributed by atoms with Gasteiger partial charge in [-0.3, -0.25) is 4.79 Å². The van der Waals surface area contributed by atoms with Gasteiger partial charge in [0.15, 0.2) is 11.4 Å². The second-order valence-corrected chi connectivity index (χ2v) is 3.88. The van der Waals surface area contributed by atoms with Crippen LogP contribution in [0.1, 0.15) is 26.5 Å². The number of aromatic nitrogens is 2. The van der Waals surface area contributed by atoms with Crippen molar-refractivity contribution < 1.29 is 19.4 Å². The minimum absolute atomic E-state index is 0.159. The van der Waals surface area contributed by atoms with Gasteiger partial charge in [0, 0.05) is 0 Å². The van der Waals surface area contributed by atoms with Crippen LogP contribution in [0.3, 0.4) is 0 Å². The highest BCUT2D eigenvalue weighted by Gasteiger charge is 2.21. The molecule has 0 aliphatic carbocycles. The van der Waals surface area contributed by atoms with Crippen molar-refractivity contribution in [2.75, 3.05) is 12.4 Å². The van der Waals surface area contributed by atoms with Gasteiger partial charge in [-0.2, -0.15) is 5.26 Å². The average molecular weight is 286 g/mol. The molecule has 0 aliphatic heterocycles. The van der Waals surface area contributed by atoms with E-state index in [-0.39, 0.29) is 28.4 Å². The van der Waals surface area contributed by atoms with Gasteiger partial charge in [0.1, 0.15) is 17.5 Å². The van der Waals surface area contributed by atoms with Crippen molar-refractivity contribution >= 4 is 17.6 Å². The number of nitriles is 1. The molecule has 0 fully saturated rings. The maximum absolute atomic E-state index is 12.1. The third-order valence-corrected chi connectivity index (χ3v) is 2.67. The summed E-state index contributed by atoms with van der Waals surface area (Å²) in [7, 11) is 1.39. The molecule has 1 heterocycles. The van der Waals surface area contributed by atoms with Gasteiger partial charge in [-0.1, -0.05) is 6.07 Å². The van der Waals surface area contributed by atoms with Crippen LogP contribution in [0.25, 0.3) is 0 Å². The number of nitrogens with one attached hydrogen (secondary N) is 2. The van der Waals surface area contributed by atoms with Gasteiger partial charge in [0.25, 0.3) is 5.91 Å². The number of benzene rings is 1. The number of nitrogens with zero attached hydrogens (tertiary/aromatic N) is 2. The molecule has 8 nitrogen and oxygen atoms in total. The molecule has 8 heteroatoms. The van der Waals surface area contributed by atoms with E-state index in [1.165, 1.54) is 13.2 Å². The maximum Gasteiger partial charge on any atom is 0.354 e. The van der Waals surface area contributed by atoms with Crippen LogP contribution in [-0.2, 0) is 0 Å². The molecular weight excluding hydrogens is 276 g/mol. The Hall–Kier alpha value is -3.34. The van der Waals surface area contributed by atoms with Crippen LogP contribution in [0.5, 0.6) is 5.75 Å². The first kappa shape index (κ1) is 14.1. The zero-order valence-electron chi connectivity index (χ0n) is 10.9. The third-order valence-electron chi connectivity index (χ3n) is 2.67. The van der Waals surface area contributed by atoms with Crippen molar-refractivity contribution in [1.82, 2.24) is 9.97 Å². The molecule has 2 rings (SSSR count). The molecule has 0 unspecified atom stereocenters. The van der Waals surface area contributed by atoms with Crippen molar-refractivity contribution in [2.24, 2.45) is 0 Å². The third kappa shape index (κ3) is 2.66. The average Bonchev–Trinajstić information content (AvgIpc) is 2.97. The number of aromatic amines is 1. The Kier molecular flexibility index (Phi) is 3.85. The van der Waals surface area contributed by atoms with E-state index in [9.17, 15) is 9.59 Å². The molecule has 0 aliphatic rings. The number of rotatable bonds is 4. The number of methoxy groups -OCH3 is 1. The fraction of sp³-hybridized carbons (Fsp3) is 0.0769. The van der Waals surface area contributed by atoms with Crippen LogP contribution in [0, 0.1) is 11.3 Å². The second kappa shape index (κ2) is 5.75. The summed E-state index contributed by atoms with van der Waals surface area (Å²) in [5.41, 5.74) is -0.264. The van der Waals surface area contributed by atoms with Crippen molar-refractivity contribution in [2.45, 2.75) is 0 Å². The lowest BCUT2D eigenvalue weighted by Crippen LogP contribution is -2.17. The summed E-state index contributed by atoms with van der Waals surface area (Å²) in [5, 5.41) is 20.4. The van der Waals surface area contributed by atoms with Crippen molar-refractivity contribution in [3.8, 4) is 11.8 Å². The number of amides is 1. The number of carbonyl (C=O) groups is 2. The highest BCUT2D eigenvalue weighted by molar-refractivity contribution is 6.09. The minimum Gasteiger partial charge on any atom is -0.495 e. The molecule has 0 atom stereocenters. The predicted molar refractivity (Wildman–Crippen MR) is 71.2 cm³/mol. The maximum atomic E-state index is 12.1. The van der Waals surface area contributed by atoms with E-state index in [2.05, 4.69) is 15.3 Å². The Balaban J connectivity index is 2.39. The molecule has 0 radical (unpaired) electrons. The van der Waals surface area contributed by atoms with Crippen molar-refractivity contribution in [3.05, 3.63) is 41.5 Å². The molecule has 21 heavy (non-hydrogen) atoms. The number of carboxylic acid groups (broad SMARTS) is 1. The summed E-state index contributed by atoms with van der Waals surface area (Å²) < 4.78 is 5.07. The lowest BCUT2D eigenvalue weighted by Gasteiger charge is -2.10. The summed E-state index contributed by atoms with van der Waals surface area (Å²) in [6.45, 7) is 0. The zero-order valence-corrected chi connectivity index (χ0v) is 10.9. The molecule has 1 amide bonds. The van der Waals surface area contributed by atoms with Crippen LogP contribution in [0.15, 0.2) is 24.5 Å². The van der Waals surface area contributed by atoms with Crippen molar-refractivity contribution in [3.63, 3.8) is 0 Å². The SMILES string of the molecule is COc1cccc(C#N)c1NC(=O)c1nc[nH]c1C(=O)O. The van der Waals surface area contributed by atoms with E-state index in [0.717, 1.165) is 6.33 Å². The van der Waals surface area contributed by atoms with E-state index in [1.807, 2.05) is 6.07 Å². The smallest absolute Gasteiger partial charge is 0.354 e. The van der Waals surface area contributed by atoms with Crippen molar-refractivity contribution in [1.29, 1.82) is 5.26 Å². The summed E-state index contributed by atoms with van der Waals surface area (Å²) in [6, 6.07) is 6.59. The summed E-state index contributed by atoms with van der Waals surface area (Å²) in [6.07, 6.45) is 1.10. The number of anilines is 1. The standard InChI is InChI=1S/C13H10N4O4/c1-21-8-4-2-3-7(5-14)9(8)17-12(18)10-11(13(19)20)16-6-15-10/h2-4,6H,1H3,(H,15,16)(H,17,18)(H,19,20). The highest BCUT2D eigenvalue weighted by atomic mass is 16.5. The number of hydrogen-bond donors (Lipinski definition) is 3. The Morgan fingerprint density at radius 3 is 2.86 bits per heavy atom. The number of ether oxygens (including phenoxy) is 1. The number of carbonyl (C=O) groups excluding carboxylic acids is 1. The highest BCUT2D eigenvalue weighted by Crippen LogP contribution is 2.28. The zero-order chi connectivity index (χ0) is 15.4. The van der Waals surface area contributed by atoms with E-state index in [0.29, 0.717) is 0 Å². The van der Waals surface area contributed by atoms with E-state index < -0.39 is 11.9 Å². The Bertz CT molecular complexity index is 745. The van der Waals surface area contributed by atoms with Gasteiger partial charge >= 0.3 is 5.97 Å². The lowest BCUT2D eigenvalue weighted by molar-refractivity contribution is 0.0686. The predicted octanol–water partition coefficient (Wildman–Crippen LogP) is 1.24. The molecule has 2 aromatic rings. The van der Waals surface area contributed by atoms with E-state index in [4.69, 9.17) is 15.1 Å². The molecule has 106 valence electrons. The molecule has 1 aromatic carbocycles. The lowest BCUT2D eigenvalue weighted by atomic mass is 10.1. The number of para-hydroxylation sites is 1. The number of aromatic carboxylic acids is 1. The Morgan fingerprint density at radius 1 is 1.48 bits per heavy atom. The number of imidazole rings is 1. The first-order valence-corrected chi connectivity index (χ1v) is 5.73. The summed E-state index contributed by atoms with van der Waals surface area (Å²) >= 11 is 0. The molecule has 0 spiro atoms. The van der Waals surface area contributed by atoms with Gasteiger partial charge < -0.3 is 20.1 Å². The van der Waals surface area contributed by atoms with Gasteiger partial charge in [-0.15, -0.1) is 0 Å². The topological polar surface area (TPSA) is 128 Å². The molecule has 0 bridgehead atoms. The van der Waals surface area contributed by atoms with E-state index in [1.54, 1.807) is 12.1 Å². The largest absolute Gasteiger partial charge is 0.495 e. The monoisotopic (exact) mass is 286 g/mol. The number of H-pyrrole nitrogens is 1. The van der Waals surface area contributed by atoms with E-state index >= 15 is 0 Å². The Morgan fingerprint density at radius 2 is 2.24 bits per heavy atom. The van der Waals surface area contributed by atoms with Crippen LogP contribution >= 0.6 is 0 Å². The first-order chi connectivity index (χ1) is 10.1. The normalized spacial score (nSPS) is 9.71. The fourth-order valence-corrected chi connectivity index (χ4v) is 1.73. The molecule has 3 N–H and O–H groups in total. The summed E-state index contributed by atoms with van der Waals surface area (Å²) in [4.78, 5) is 29.1. The van der Waals surface area contributed by atoms with Crippen LogP contribution in [-0.4, -0.2) is 34.1 Å². The quantitative estimate of drug-likeness (QED) is 0.775. The summed E-state index contributed by atoms with van der Waals surface area (Å²) in [5.74, 6) is -1.78. The molecular formula is C13H10N4O4. The molecule has 0 saturated heterocycles. The van der Waals surface area contributed by atoms with Gasteiger partial charge in [-0.25, -0.2) is 9.78 Å². The number of carboxylic acids is 1. The Labute approximate surface area is 119 Å². The first-order valence-electron chi connectivity index (χ1n) is 5.73. The van der Waals surface area contributed by atoms with Crippen LogP contribution < -0.4 is 10.1 Å². The minimum atomic E-state index is -1.31. The molecule has 1 aromatic heterocycles. The van der Waals surface area contributed by atoms with Gasteiger partial charge in [-0.05, 0) is 12.1 Å². The fourth-order valence-electron chi connectivity index (χ4n) is 1.73.